The van der Waals surface area contributed by atoms with Crippen molar-refractivity contribution in [3.8, 4) is 0 Å². The van der Waals surface area contributed by atoms with E-state index >= 15 is 0 Å². The monoisotopic (exact) mass is 380 g/mol. The van der Waals surface area contributed by atoms with Crippen LogP contribution in [0.15, 0.2) is 12.3 Å². The molecule has 0 spiro atoms. The highest BCUT2D eigenvalue weighted by Crippen LogP contribution is 2.41. The number of hydrogen-bond donors (Lipinski definition) is 1. The maximum atomic E-state index is 13.0. The van der Waals surface area contributed by atoms with Crippen molar-refractivity contribution in [2.45, 2.75) is 45.2 Å². The maximum Gasteiger partial charge on any atom is 0.282 e. The zero-order valence-electron chi connectivity index (χ0n) is 15.4. The smallest absolute Gasteiger partial charge is 0.282 e. The van der Waals surface area contributed by atoms with Gasteiger partial charge in [0, 0.05) is 32.3 Å². The molecule has 1 aliphatic carbocycles. The lowest BCUT2D eigenvalue weighted by atomic mass is 10.2. The first-order chi connectivity index (χ1) is 12.8. The Balaban J connectivity index is 1.79. The first-order valence-corrected chi connectivity index (χ1v) is 8.74. The molecular formula is C17H22F2N6O2. The van der Waals surface area contributed by atoms with Crippen molar-refractivity contribution in [3.63, 3.8) is 0 Å². The van der Waals surface area contributed by atoms with Crippen molar-refractivity contribution in [2.75, 3.05) is 19.4 Å². The van der Waals surface area contributed by atoms with Crippen LogP contribution in [0.25, 0.3) is 0 Å². The molecule has 27 heavy (non-hydrogen) atoms. The van der Waals surface area contributed by atoms with Crippen LogP contribution < -0.4 is 5.32 Å². The molecule has 3 rings (SSSR count). The number of anilines is 1. The van der Waals surface area contributed by atoms with Gasteiger partial charge in [-0.05, 0) is 25.8 Å². The van der Waals surface area contributed by atoms with E-state index in [0.29, 0.717) is 12.2 Å². The van der Waals surface area contributed by atoms with E-state index in [1.807, 2.05) is 6.92 Å². The fourth-order valence-corrected chi connectivity index (χ4v) is 2.87. The molecule has 1 N–H and O–H groups in total. The molecular weight excluding hydrogens is 358 g/mol. The minimum absolute atomic E-state index is 0.173. The molecule has 10 heteroatoms. The predicted octanol–water partition coefficient (Wildman–Crippen LogP) is 2.26. The van der Waals surface area contributed by atoms with Crippen molar-refractivity contribution in [2.24, 2.45) is 0 Å². The molecule has 1 saturated carbocycles. The lowest BCUT2D eigenvalue weighted by molar-refractivity contribution is -0.117. The third-order valence-electron chi connectivity index (χ3n) is 4.36. The zero-order chi connectivity index (χ0) is 19.7. The first kappa shape index (κ1) is 19.0. The molecule has 0 saturated heterocycles. The van der Waals surface area contributed by atoms with Crippen LogP contribution in [-0.4, -0.2) is 50.4 Å². The standard InChI is InChI=1S/C17H22F2N6O2/c1-4-24-15(17(27)23(2)3)12(8-20-24)21-14(26)9-25-13(10-5-6-10)7-11(22-25)16(18)19/h7-8,10,16H,4-6,9H2,1-3H3,(H,21,26). The number of halogens is 2. The summed E-state index contributed by atoms with van der Waals surface area (Å²) in [4.78, 5) is 26.3. The van der Waals surface area contributed by atoms with Gasteiger partial charge < -0.3 is 10.2 Å². The van der Waals surface area contributed by atoms with Gasteiger partial charge in [0.25, 0.3) is 12.3 Å². The number of aromatic nitrogens is 4. The Hall–Kier alpha value is -2.78. The second kappa shape index (κ2) is 7.45. The molecule has 146 valence electrons. The highest BCUT2D eigenvalue weighted by Gasteiger charge is 2.30. The molecule has 2 amide bonds. The lowest BCUT2D eigenvalue weighted by Crippen LogP contribution is -2.27. The van der Waals surface area contributed by atoms with Gasteiger partial charge in [0.15, 0.2) is 0 Å². The summed E-state index contributed by atoms with van der Waals surface area (Å²) in [7, 11) is 3.22. The number of amides is 2. The van der Waals surface area contributed by atoms with Crippen molar-refractivity contribution in [3.05, 3.63) is 29.3 Å². The summed E-state index contributed by atoms with van der Waals surface area (Å²) in [6, 6.07) is 1.37. The number of hydrogen-bond acceptors (Lipinski definition) is 4. The second-order valence-electron chi connectivity index (χ2n) is 6.70. The summed E-state index contributed by atoms with van der Waals surface area (Å²) in [6.45, 7) is 2.10. The fourth-order valence-electron chi connectivity index (χ4n) is 2.87. The maximum absolute atomic E-state index is 13.0. The van der Waals surface area contributed by atoms with E-state index in [1.54, 1.807) is 14.1 Å². The van der Waals surface area contributed by atoms with E-state index < -0.39 is 12.3 Å². The molecule has 2 aromatic heterocycles. The highest BCUT2D eigenvalue weighted by atomic mass is 19.3. The summed E-state index contributed by atoms with van der Waals surface area (Å²) in [5.74, 6) is -0.571. The third-order valence-corrected chi connectivity index (χ3v) is 4.36. The average molecular weight is 380 g/mol. The molecule has 8 nitrogen and oxygen atoms in total. The van der Waals surface area contributed by atoms with Crippen LogP contribution in [0, 0.1) is 0 Å². The Morgan fingerprint density at radius 3 is 2.59 bits per heavy atom. The topological polar surface area (TPSA) is 85.0 Å². The minimum Gasteiger partial charge on any atom is -0.343 e. The lowest BCUT2D eigenvalue weighted by Gasteiger charge is -2.14. The second-order valence-corrected chi connectivity index (χ2v) is 6.70. The first-order valence-electron chi connectivity index (χ1n) is 8.74. The van der Waals surface area contributed by atoms with Crippen LogP contribution in [0.3, 0.4) is 0 Å². The number of nitrogens with zero attached hydrogens (tertiary/aromatic N) is 5. The van der Waals surface area contributed by atoms with Gasteiger partial charge in [0.05, 0.1) is 11.9 Å². The predicted molar refractivity (Wildman–Crippen MR) is 93.7 cm³/mol. The summed E-state index contributed by atoms with van der Waals surface area (Å²) in [5.41, 5.74) is 0.878. The normalized spacial score (nSPS) is 13.9. The van der Waals surface area contributed by atoms with E-state index in [4.69, 9.17) is 0 Å². The fraction of sp³-hybridized carbons (Fsp3) is 0.529. The Labute approximate surface area is 155 Å². The SMILES string of the molecule is CCn1ncc(NC(=O)Cn2nc(C(F)F)cc2C2CC2)c1C(=O)N(C)C. The van der Waals surface area contributed by atoms with E-state index in [2.05, 4.69) is 15.5 Å². The zero-order valence-corrected chi connectivity index (χ0v) is 15.4. The van der Waals surface area contributed by atoms with Crippen molar-refractivity contribution in [1.29, 1.82) is 0 Å². The number of alkyl halides is 2. The quantitative estimate of drug-likeness (QED) is 0.798. The van der Waals surface area contributed by atoms with Crippen LogP contribution in [0.4, 0.5) is 14.5 Å². The van der Waals surface area contributed by atoms with Crippen molar-refractivity contribution >= 4 is 17.5 Å². The number of rotatable bonds is 7. The van der Waals surface area contributed by atoms with Crippen molar-refractivity contribution in [1.82, 2.24) is 24.5 Å². The van der Waals surface area contributed by atoms with Gasteiger partial charge in [0.1, 0.15) is 17.9 Å². The molecule has 2 heterocycles. The molecule has 1 fully saturated rings. The summed E-state index contributed by atoms with van der Waals surface area (Å²) in [5, 5.41) is 10.6. The van der Waals surface area contributed by atoms with Crippen molar-refractivity contribution < 1.29 is 18.4 Å². The van der Waals surface area contributed by atoms with Crippen LogP contribution >= 0.6 is 0 Å². The molecule has 2 aromatic rings. The van der Waals surface area contributed by atoms with Gasteiger partial charge in [-0.3, -0.25) is 19.0 Å². The Morgan fingerprint density at radius 1 is 1.33 bits per heavy atom. The van der Waals surface area contributed by atoms with Crippen LogP contribution in [0.5, 0.6) is 0 Å². The summed E-state index contributed by atoms with van der Waals surface area (Å²) >= 11 is 0. The Bertz CT molecular complexity index is 854. The molecule has 1 aliphatic rings. The van der Waals surface area contributed by atoms with Crippen LogP contribution in [-0.2, 0) is 17.9 Å². The van der Waals surface area contributed by atoms with Gasteiger partial charge in [-0.25, -0.2) is 8.78 Å². The third kappa shape index (κ3) is 3.99. The van der Waals surface area contributed by atoms with Gasteiger partial charge in [-0.2, -0.15) is 10.2 Å². The van der Waals surface area contributed by atoms with Crippen LogP contribution in [0.1, 0.15) is 54.0 Å². The molecule has 0 unspecified atom stereocenters. The molecule has 0 atom stereocenters. The van der Waals surface area contributed by atoms with Gasteiger partial charge in [0.2, 0.25) is 5.91 Å². The molecule has 0 bridgehead atoms. The van der Waals surface area contributed by atoms with Gasteiger partial charge in [-0.1, -0.05) is 0 Å². The summed E-state index contributed by atoms with van der Waals surface area (Å²) in [6.07, 6.45) is 0.536. The summed E-state index contributed by atoms with van der Waals surface area (Å²) < 4.78 is 28.7. The number of nitrogens with one attached hydrogen (secondary N) is 1. The van der Waals surface area contributed by atoms with E-state index in [9.17, 15) is 18.4 Å². The molecule has 0 aliphatic heterocycles. The van der Waals surface area contributed by atoms with Gasteiger partial charge in [-0.15, -0.1) is 0 Å². The van der Waals surface area contributed by atoms with Gasteiger partial charge >= 0.3 is 0 Å². The highest BCUT2D eigenvalue weighted by molar-refractivity contribution is 6.02. The number of aryl methyl sites for hydroxylation is 1. The Morgan fingerprint density at radius 2 is 2.04 bits per heavy atom. The van der Waals surface area contributed by atoms with E-state index in [1.165, 1.54) is 26.5 Å². The average Bonchev–Trinajstić information content (AvgIpc) is 3.24. The van der Waals surface area contributed by atoms with E-state index in [-0.39, 0.29) is 35.4 Å². The minimum atomic E-state index is -2.68. The molecule has 0 radical (unpaired) electrons. The largest absolute Gasteiger partial charge is 0.343 e. The number of carbonyl (C=O) groups excluding carboxylic acids is 2. The molecule has 0 aromatic carbocycles. The number of carbonyl (C=O) groups is 2. The Kier molecular flexibility index (Phi) is 5.24. The van der Waals surface area contributed by atoms with Crippen LogP contribution in [0.2, 0.25) is 0 Å². The van der Waals surface area contributed by atoms with E-state index in [0.717, 1.165) is 12.8 Å².